The maximum atomic E-state index is 12.9. The highest BCUT2D eigenvalue weighted by Crippen LogP contribution is 2.25. The van der Waals surface area contributed by atoms with E-state index in [2.05, 4.69) is 11.9 Å². The van der Waals surface area contributed by atoms with Crippen LogP contribution >= 0.6 is 0 Å². The normalized spacial score (nSPS) is 21.7. The third-order valence-electron chi connectivity index (χ3n) is 5.26. The van der Waals surface area contributed by atoms with Gasteiger partial charge in [0.2, 0.25) is 0 Å². The van der Waals surface area contributed by atoms with E-state index < -0.39 is 15.2 Å². The highest BCUT2D eigenvalue weighted by Gasteiger charge is 2.32. The summed E-state index contributed by atoms with van der Waals surface area (Å²) in [4.78, 5) is 2.43. The number of benzene rings is 1. The van der Waals surface area contributed by atoms with Gasteiger partial charge >= 0.3 is 0 Å². The quantitative estimate of drug-likeness (QED) is 0.803. The predicted octanol–water partition coefficient (Wildman–Crippen LogP) is 2.61. The molecule has 1 atom stereocenters. The first-order chi connectivity index (χ1) is 11.6. The topological polar surface area (TPSA) is 49.4 Å². The van der Waals surface area contributed by atoms with E-state index in [-0.39, 0.29) is 0 Å². The van der Waals surface area contributed by atoms with Crippen LogP contribution < -0.4 is 5.32 Å². The van der Waals surface area contributed by atoms with Crippen LogP contribution in [0.3, 0.4) is 0 Å². The lowest BCUT2D eigenvalue weighted by Crippen LogP contribution is -2.37. The minimum absolute atomic E-state index is 0.411. The minimum atomic E-state index is -3.39. The lowest BCUT2D eigenvalue weighted by Gasteiger charge is -2.25. The van der Waals surface area contributed by atoms with Gasteiger partial charge < -0.3 is 5.32 Å². The second-order valence-corrected chi connectivity index (χ2v) is 9.00. The second kappa shape index (κ2) is 7.81. The fourth-order valence-electron chi connectivity index (χ4n) is 3.84. The van der Waals surface area contributed by atoms with Gasteiger partial charge in [-0.2, -0.15) is 0 Å². The molecule has 0 saturated carbocycles. The standard InChI is InChI=1S/C19H28N2O2S/c1-2-19(21-13-3-4-14-21)24(22,23)18-7-5-16(6-8-18)15-17-9-11-20-12-10-17/h2,5-8,17,19-20H,1,3-4,9-15H2. The molecule has 2 saturated heterocycles. The fourth-order valence-corrected chi connectivity index (χ4v) is 5.49. The smallest absolute Gasteiger partial charge is 0.198 e. The zero-order chi connectivity index (χ0) is 17.0. The molecule has 5 heteroatoms. The van der Waals surface area contributed by atoms with Crippen LogP contribution in [0.4, 0.5) is 0 Å². The minimum Gasteiger partial charge on any atom is -0.317 e. The summed E-state index contributed by atoms with van der Waals surface area (Å²) in [6.45, 7) is 7.62. The number of nitrogens with zero attached hydrogens (tertiary/aromatic N) is 1. The van der Waals surface area contributed by atoms with Crippen LogP contribution in [0, 0.1) is 5.92 Å². The third-order valence-corrected chi connectivity index (χ3v) is 7.31. The highest BCUT2D eigenvalue weighted by molar-refractivity contribution is 7.92. The van der Waals surface area contributed by atoms with E-state index in [0.29, 0.717) is 10.8 Å². The van der Waals surface area contributed by atoms with E-state index >= 15 is 0 Å². The summed E-state index contributed by atoms with van der Waals surface area (Å²) in [5, 5.41) is 2.78. The van der Waals surface area contributed by atoms with Crippen LogP contribution in [0.1, 0.15) is 31.2 Å². The fraction of sp³-hybridized carbons (Fsp3) is 0.579. The Morgan fingerprint density at radius 2 is 1.79 bits per heavy atom. The summed E-state index contributed by atoms with van der Waals surface area (Å²) in [5.41, 5.74) is 1.23. The van der Waals surface area contributed by atoms with E-state index in [1.807, 2.05) is 17.0 Å². The summed E-state index contributed by atoms with van der Waals surface area (Å²) in [5.74, 6) is 0.708. The molecule has 132 valence electrons. The van der Waals surface area contributed by atoms with Crippen molar-refractivity contribution in [3.05, 3.63) is 42.5 Å². The van der Waals surface area contributed by atoms with Gasteiger partial charge in [-0.25, -0.2) is 8.42 Å². The molecule has 0 aliphatic carbocycles. The molecule has 3 rings (SSSR count). The van der Waals surface area contributed by atoms with E-state index in [1.54, 1.807) is 18.2 Å². The zero-order valence-electron chi connectivity index (χ0n) is 14.3. The van der Waals surface area contributed by atoms with Gasteiger partial charge in [-0.3, -0.25) is 4.90 Å². The summed E-state index contributed by atoms with van der Waals surface area (Å²) in [6.07, 6.45) is 7.15. The molecule has 1 aromatic rings. The lowest BCUT2D eigenvalue weighted by molar-refractivity contribution is 0.339. The van der Waals surface area contributed by atoms with Gasteiger partial charge in [0.25, 0.3) is 0 Å². The molecule has 2 heterocycles. The van der Waals surface area contributed by atoms with Gasteiger partial charge in [0.05, 0.1) is 4.90 Å². The van der Waals surface area contributed by atoms with Crippen molar-refractivity contribution in [3.63, 3.8) is 0 Å². The molecule has 2 aliphatic heterocycles. The molecule has 2 aliphatic rings. The molecular weight excluding hydrogens is 320 g/mol. The summed E-state index contributed by atoms with van der Waals surface area (Å²) in [6, 6.07) is 7.52. The number of hydrogen-bond acceptors (Lipinski definition) is 4. The van der Waals surface area contributed by atoms with Crippen molar-refractivity contribution in [2.75, 3.05) is 26.2 Å². The third kappa shape index (κ3) is 3.90. The van der Waals surface area contributed by atoms with Crippen LogP contribution in [0.15, 0.2) is 41.8 Å². The Bertz CT molecular complexity index is 642. The van der Waals surface area contributed by atoms with E-state index in [1.165, 1.54) is 18.4 Å². The van der Waals surface area contributed by atoms with Gasteiger partial charge in [0, 0.05) is 0 Å². The number of likely N-dealkylation sites (tertiary alicyclic amines) is 1. The number of rotatable bonds is 6. The van der Waals surface area contributed by atoms with Crippen LogP contribution in [-0.4, -0.2) is 44.9 Å². The van der Waals surface area contributed by atoms with Crippen LogP contribution in [0.5, 0.6) is 0 Å². The Balaban J connectivity index is 1.72. The SMILES string of the molecule is C=CC(N1CCCC1)S(=O)(=O)c1ccc(CC2CCNCC2)cc1. The van der Waals surface area contributed by atoms with Crippen molar-refractivity contribution in [2.24, 2.45) is 5.92 Å². The maximum Gasteiger partial charge on any atom is 0.198 e. The Hall–Kier alpha value is -1.17. The summed E-state index contributed by atoms with van der Waals surface area (Å²) < 4.78 is 25.9. The van der Waals surface area contributed by atoms with E-state index in [4.69, 9.17) is 0 Å². The van der Waals surface area contributed by atoms with Gasteiger partial charge in [0.15, 0.2) is 9.84 Å². The highest BCUT2D eigenvalue weighted by atomic mass is 32.2. The number of piperidine rings is 1. The summed E-state index contributed by atoms with van der Waals surface area (Å²) >= 11 is 0. The molecule has 0 spiro atoms. The van der Waals surface area contributed by atoms with Crippen LogP contribution in [0.2, 0.25) is 0 Å². The molecule has 0 radical (unpaired) electrons. The Kier molecular flexibility index (Phi) is 5.74. The average Bonchev–Trinajstić information content (AvgIpc) is 3.11. The lowest BCUT2D eigenvalue weighted by atomic mass is 9.91. The van der Waals surface area contributed by atoms with Gasteiger partial charge in [0.1, 0.15) is 5.37 Å². The second-order valence-electron chi connectivity index (χ2n) is 6.96. The van der Waals surface area contributed by atoms with Crippen molar-refractivity contribution in [3.8, 4) is 0 Å². The molecule has 4 nitrogen and oxygen atoms in total. The molecular formula is C19H28N2O2S. The Morgan fingerprint density at radius 1 is 1.17 bits per heavy atom. The van der Waals surface area contributed by atoms with E-state index in [9.17, 15) is 8.42 Å². The molecule has 0 amide bonds. The summed E-state index contributed by atoms with van der Waals surface area (Å²) in [7, 11) is -3.39. The monoisotopic (exact) mass is 348 g/mol. The van der Waals surface area contributed by atoms with Gasteiger partial charge in [-0.05, 0) is 81.9 Å². The Labute approximate surface area is 145 Å². The van der Waals surface area contributed by atoms with Crippen molar-refractivity contribution >= 4 is 9.84 Å². The zero-order valence-corrected chi connectivity index (χ0v) is 15.1. The molecule has 1 N–H and O–H groups in total. The molecule has 24 heavy (non-hydrogen) atoms. The van der Waals surface area contributed by atoms with Crippen molar-refractivity contribution in [1.29, 1.82) is 0 Å². The first-order valence-electron chi connectivity index (χ1n) is 9.01. The molecule has 1 aromatic carbocycles. The number of hydrogen-bond donors (Lipinski definition) is 1. The predicted molar refractivity (Wildman–Crippen MR) is 97.7 cm³/mol. The number of sulfone groups is 1. The van der Waals surface area contributed by atoms with Crippen molar-refractivity contribution in [1.82, 2.24) is 10.2 Å². The first-order valence-corrected chi connectivity index (χ1v) is 10.6. The largest absolute Gasteiger partial charge is 0.317 e. The number of nitrogens with one attached hydrogen (secondary N) is 1. The van der Waals surface area contributed by atoms with Crippen LogP contribution in [0.25, 0.3) is 0 Å². The molecule has 0 bridgehead atoms. The first kappa shape index (κ1) is 17.6. The molecule has 1 unspecified atom stereocenters. The van der Waals surface area contributed by atoms with Gasteiger partial charge in [-0.15, -0.1) is 6.58 Å². The molecule has 2 fully saturated rings. The van der Waals surface area contributed by atoms with Crippen LogP contribution in [-0.2, 0) is 16.3 Å². The van der Waals surface area contributed by atoms with E-state index in [0.717, 1.165) is 45.4 Å². The average molecular weight is 349 g/mol. The van der Waals surface area contributed by atoms with Crippen molar-refractivity contribution < 1.29 is 8.42 Å². The van der Waals surface area contributed by atoms with Crippen molar-refractivity contribution in [2.45, 2.75) is 42.4 Å². The molecule has 0 aromatic heterocycles. The van der Waals surface area contributed by atoms with Gasteiger partial charge in [-0.1, -0.05) is 18.2 Å². The Morgan fingerprint density at radius 3 is 2.38 bits per heavy atom. The maximum absolute atomic E-state index is 12.9.